The van der Waals surface area contributed by atoms with Crippen molar-refractivity contribution < 1.29 is 4.79 Å². The number of hydrogen-bond donors (Lipinski definition) is 1. The van der Waals surface area contributed by atoms with E-state index in [1.54, 1.807) is 11.1 Å². The van der Waals surface area contributed by atoms with Gasteiger partial charge in [0.25, 0.3) is 0 Å². The van der Waals surface area contributed by atoms with Crippen LogP contribution in [0.15, 0.2) is 36.5 Å². The van der Waals surface area contributed by atoms with E-state index in [2.05, 4.69) is 10.3 Å². The minimum absolute atomic E-state index is 0.0321. The summed E-state index contributed by atoms with van der Waals surface area (Å²) < 4.78 is 0. The molecule has 0 radical (unpaired) electrons. The largest absolute Gasteiger partial charge is 0.336 e. The minimum Gasteiger partial charge on any atom is -0.336 e. The number of nitrogens with one attached hydrogen (secondary N) is 1. The lowest BCUT2D eigenvalue weighted by atomic mass is 10.2. The Morgan fingerprint density at radius 1 is 1.31 bits per heavy atom. The number of pyridine rings is 1. The molecule has 1 aromatic carbocycles. The van der Waals surface area contributed by atoms with Gasteiger partial charge in [-0.05, 0) is 18.2 Å². The van der Waals surface area contributed by atoms with Gasteiger partial charge in [0.15, 0.2) is 0 Å². The smallest absolute Gasteiger partial charge is 0.321 e. The Labute approximate surface area is 92.9 Å². The molecule has 1 saturated heterocycles. The molecule has 2 aromatic rings. The molecule has 2 heterocycles. The van der Waals surface area contributed by atoms with E-state index in [9.17, 15) is 4.79 Å². The number of aromatic nitrogens is 1. The van der Waals surface area contributed by atoms with Gasteiger partial charge in [-0.1, -0.05) is 12.1 Å². The zero-order valence-corrected chi connectivity index (χ0v) is 8.68. The summed E-state index contributed by atoms with van der Waals surface area (Å²) in [5.41, 5.74) is 1.82. The number of fused-ring (bicyclic) bond motifs is 1. The normalized spacial score (nSPS) is 15.5. The highest BCUT2D eigenvalue weighted by molar-refractivity contribution is 5.96. The number of benzene rings is 1. The third kappa shape index (κ3) is 1.39. The Kier molecular flexibility index (Phi) is 1.99. The van der Waals surface area contributed by atoms with Gasteiger partial charge in [-0.3, -0.25) is 9.88 Å². The van der Waals surface area contributed by atoms with Gasteiger partial charge in [0.2, 0.25) is 0 Å². The molecule has 0 spiro atoms. The third-order valence-corrected chi connectivity index (χ3v) is 2.76. The molecule has 1 aliphatic rings. The molecule has 1 fully saturated rings. The van der Waals surface area contributed by atoms with Gasteiger partial charge < -0.3 is 5.32 Å². The van der Waals surface area contributed by atoms with Crippen molar-refractivity contribution in [2.75, 3.05) is 18.0 Å². The first-order valence-corrected chi connectivity index (χ1v) is 5.25. The number of urea groups is 1. The SMILES string of the molecule is O=C1NCCN1c1ccc2cccnc2c1. The summed E-state index contributed by atoms with van der Waals surface area (Å²) in [6.07, 6.45) is 1.76. The van der Waals surface area contributed by atoms with Gasteiger partial charge in [0.1, 0.15) is 0 Å². The summed E-state index contributed by atoms with van der Waals surface area (Å²) in [7, 11) is 0. The monoisotopic (exact) mass is 213 g/mol. The zero-order valence-electron chi connectivity index (χ0n) is 8.68. The molecule has 1 aliphatic heterocycles. The van der Waals surface area contributed by atoms with Crippen LogP contribution in [-0.4, -0.2) is 24.1 Å². The maximum absolute atomic E-state index is 11.5. The van der Waals surface area contributed by atoms with E-state index < -0.39 is 0 Å². The van der Waals surface area contributed by atoms with E-state index in [1.165, 1.54) is 0 Å². The first-order valence-electron chi connectivity index (χ1n) is 5.25. The Morgan fingerprint density at radius 3 is 3.06 bits per heavy atom. The lowest BCUT2D eigenvalue weighted by Crippen LogP contribution is -2.27. The van der Waals surface area contributed by atoms with Crippen molar-refractivity contribution in [2.45, 2.75) is 0 Å². The Morgan fingerprint density at radius 2 is 2.25 bits per heavy atom. The molecule has 4 heteroatoms. The summed E-state index contributed by atoms with van der Waals surface area (Å²) in [5.74, 6) is 0. The van der Waals surface area contributed by atoms with Crippen molar-refractivity contribution in [2.24, 2.45) is 0 Å². The van der Waals surface area contributed by atoms with Crippen molar-refractivity contribution >= 4 is 22.6 Å². The lowest BCUT2D eigenvalue weighted by Gasteiger charge is -2.14. The Bertz CT molecular complexity index is 553. The topological polar surface area (TPSA) is 45.2 Å². The number of carbonyl (C=O) groups excluding carboxylic acids is 1. The fourth-order valence-electron chi connectivity index (χ4n) is 1.94. The zero-order chi connectivity index (χ0) is 11.0. The Hall–Kier alpha value is -2.10. The molecule has 1 aromatic heterocycles. The van der Waals surface area contributed by atoms with E-state index in [0.717, 1.165) is 23.1 Å². The van der Waals surface area contributed by atoms with Crippen LogP contribution in [-0.2, 0) is 0 Å². The number of anilines is 1. The van der Waals surface area contributed by atoms with Crippen molar-refractivity contribution in [1.82, 2.24) is 10.3 Å². The summed E-state index contributed by atoms with van der Waals surface area (Å²) in [6, 6.07) is 9.77. The predicted molar refractivity (Wildman–Crippen MR) is 62.5 cm³/mol. The van der Waals surface area contributed by atoms with E-state index >= 15 is 0 Å². The molecular weight excluding hydrogens is 202 g/mol. The first-order chi connectivity index (χ1) is 7.84. The van der Waals surface area contributed by atoms with Gasteiger partial charge >= 0.3 is 6.03 Å². The summed E-state index contributed by atoms with van der Waals surface area (Å²) in [5, 5.41) is 3.87. The molecule has 16 heavy (non-hydrogen) atoms. The first kappa shape index (κ1) is 9.15. The second-order valence-corrected chi connectivity index (χ2v) is 3.76. The van der Waals surface area contributed by atoms with Crippen molar-refractivity contribution in [3.05, 3.63) is 36.5 Å². The van der Waals surface area contributed by atoms with Gasteiger partial charge in [-0.15, -0.1) is 0 Å². The molecular formula is C12H11N3O. The van der Waals surface area contributed by atoms with E-state index in [0.29, 0.717) is 6.54 Å². The number of nitrogens with zero attached hydrogens (tertiary/aromatic N) is 2. The second-order valence-electron chi connectivity index (χ2n) is 3.76. The maximum atomic E-state index is 11.5. The maximum Gasteiger partial charge on any atom is 0.321 e. The van der Waals surface area contributed by atoms with Crippen LogP contribution in [0.1, 0.15) is 0 Å². The van der Waals surface area contributed by atoms with Crippen LogP contribution in [0.25, 0.3) is 10.9 Å². The number of hydrogen-bond acceptors (Lipinski definition) is 2. The molecule has 3 rings (SSSR count). The fourth-order valence-corrected chi connectivity index (χ4v) is 1.94. The molecule has 0 bridgehead atoms. The van der Waals surface area contributed by atoms with Crippen molar-refractivity contribution in [3.63, 3.8) is 0 Å². The van der Waals surface area contributed by atoms with Crippen LogP contribution >= 0.6 is 0 Å². The van der Waals surface area contributed by atoms with Crippen LogP contribution in [0.4, 0.5) is 10.5 Å². The van der Waals surface area contributed by atoms with E-state index in [-0.39, 0.29) is 6.03 Å². The quantitative estimate of drug-likeness (QED) is 0.784. The second kappa shape index (κ2) is 3.48. The molecule has 1 N–H and O–H groups in total. The molecule has 4 nitrogen and oxygen atoms in total. The summed E-state index contributed by atoms with van der Waals surface area (Å²) in [6.45, 7) is 1.43. The predicted octanol–water partition coefficient (Wildman–Crippen LogP) is 1.76. The Balaban J connectivity index is 2.08. The average molecular weight is 213 g/mol. The molecule has 0 unspecified atom stereocenters. The molecule has 2 amide bonds. The number of amides is 2. The minimum atomic E-state index is -0.0321. The van der Waals surface area contributed by atoms with Gasteiger partial charge in [0.05, 0.1) is 5.52 Å². The molecule has 0 atom stereocenters. The molecule has 0 saturated carbocycles. The van der Waals surface area contributed by atoms with Gasteiger partial charge in [-0.25, -0.2) is 4.79 Å². The fraction of sp³-hybridized carbons (Fsp3) is 0.167. The highest BCUT2D eigenvalue weighted by Gasteiger charge is 2.20. The molecule has 0 aliphatic carbocycles. The van der Waals surface area contributed by atoms with E-state index in [1.807, 2.05) is 30.3 Å². The van der Waals surface area contributed by atoms with E-state index in [4.69, 9.17) is 0 Å². The standard InChI is InChI=1S/C12H11N3O/c16-12-14-6-7-15(12)10-4-3-9-2-1-5-13-11(9)8-10/h1-5,8H,6-7H2,(H,14,16). The highest BCUT2D eigenvalue weighted by Crippen LogP contribution is 2.21. The van der Waals surface area contributed by atoms with Gasteiger partial charge in [-0.2, -0.15) is 0 Å². The van der Waals surface area contributed by atoms with Crippen LogP contribution in [0.3, 0.4) is 0 Å². The number of rotatable bonds is 1. The van der Waals surface area contributed by atoms with Crippen molar-refractivity contribution in [3.8, 4) is 0 Å². The lowest BCUT2D eigenvalue weighted by molar-refractivity contribution is 0.252. The van der Waals surface area contributed by atoms with Crippen LogP contribution in [0.5, 0.6) is 0 Å². The third-order valence-electron chi connectivity index (χ3n) is 2.76. The van der Waals surface area contributed by atoms with Crippen LogP contribution in [0.2, 0.25) is 0 Å². The van der Waals surface area contributed by atoms with Crippen molar-refractivity contribution in [1.29, 1.82) is 0 Å². The van der Waals surface area contributed by atoms with Gasteiger partial charge in [0, 0.05) is 30.4 Å². The summed E-state index contributed by atoms with van der Waals surface area (Å²) in [4.78, 5) is 17.5. The number of carbonyl (C=O) groups is 1. The van der Waals surface area contributed by atoms with Crippen LogP contribution < -0.4 is 10.2 Å². The summed E-state index contributed by atoms with van der Waals surface area (Å²) >= 11 is 0. The average Bonchev–Trinajstić information content (AvgIpc) is 2.75. The molecule has 80 valence electrons. The highest BCUT2D eigenvalue weighted by atomic mass is 16.2. The van der Waals surface area contributed by atoms with Crippen LogP contribution in [0, 0.1) is 0 Å².